The van der Waals surface area contributed by atoms with Crippen LogP contribution in [0.15, 0.2) is 21.5 Å². The molecule has 0 unspecified atom stereocenters. The number of hydrogen-bond acceptors (Lipinski definition) is 4. The first-order valence-corrected chi connectivity index (χ1v) is 7.92. The van der Waals surface area contributed by atoms with Gasteiger partial charge in [0, 0.05) is 6.54 Å². The van der Waals surface area contributed by atoms with Crippen molar-refractivity contribution < 1.29 is 17.5 Å². The van der Waals surface area contributed by atoms with Crippen LogP contribution in [0.4, 0.5) is 4.39 Å². The highest BCUT2D eigenvalue weighted by atomic mass is 79.9. The Hall–Kier alpha value is -0.700. The highest BCUT2D eigenvalue weighted by Crippen LogP contribution is 2.29. The molecule has 0 aliphatic heterocycles. The molecule has 19 heavy (non-hydrogen) atoms. The number of unbranched alkanes of at least 4 members (excludes halogenated alkanes) is 1. The van der Waals surface area contributed by atoms with E-state index in [0.29, 0.717) is 19.4 Å². The molecular weight excluding hydrogens is 339 g/mol. The average molecular weight is 355 g/mol. The number of halogens is 2. The minimum absolute atomic E-state index is 0.0830. The Balaban J connectivity index is 2.97. The maximum Gasteiger partial charge on any atom is 0.244 e. The van der Waals surface area contributed by atoms with Crippen LogP contribution < -0.4 is 15.2 Å². The molecule has 0 atom stereocenters. The first kappa shape index (κ1) is 16.4. The van der Waals surface area contributed by atoms with Crippen LogP contribution in [-0.4, -0.2) is 28.6 Å². The van der Waals surface area contributed by atoms with E-state index in [1.165, 1.54) is 13.2 Å². The first-order valence-electron chi connectivity index (χ1n) is 5.65. The number of rotatable bonds is 7. The molecule has 0 radical (unpaired) electrons. The molecule has 0 fully saturated rings. The van der Waals surface area contributed by atoms with Crippen LogP contribution in [-0.2, 0) is 10.0 Å². The molecule has 108 valence electrons. The molecule has 1 aromatic rings. The summed E-state index contributed by atoms with van der Waals surface area (Å²) < 4.78 is 45.0. The van der Waals surface area contributed by atoms with E-state index in [4.69, 9.17) is 10.5 Å². The molecule has 3 N–H and O–H groups in total. The molecular formula is C11H16BrFN2O3S. The largest absolute Gasteiger partial charge is 0.495 e. The summed E-state index contributed by atoms with van der Waals surface area (Å²) in [6.07, 6.45) is 1.34. The molecule has 0 aromatic heterocycles. The summed E-state index contributed by atoms with van der Waals surface area (Å²) in [4.78, 5) is -0.219. The van der Waals surface area contributed by atoms with Crippen molar-refractivity contribution >= 4 is 26.0 Å². The molecule has 0 saturated carbocycles. The van der Waals surface area contributed by atoms with Crippen molar-refractivity contribution in [2.45, 2.75) is 17.7 Å². The SMILES string of the molecule is COc1cc(Br)c(F)cc1S(=O)(=O)NCCCCN. The summed E-state index contributed by atoms with van der Waals surface area (Å²) in [5.74, 6) is -0.581. The van der Waals surface area contributed by atoms with Gasteiger partial charge in [-0.05, 0) is 47.4 Å². The number of nitrogens with one attached hydrogen (secondary N) is 1. The van der Waals surface area contributed by atoms with E-state index in [1.54, 1.807) is 0 Å². The van der Waals surface area contributed by atoms with E-state index >= 15 is 0 Å². The van der Waals surface area contributed by atoms with Crippen LogP contribution in [0.2, 0.25) is 0 Å². The number of hydrogen-bond donors (Lipinski definition) is 2. The highest BCUT2D eigenvalue weighted by molar-refractivity contribution is 9.10. The normalized spacial score (nSPS) is 11.6. The van der Waals surface area contributed by atoms with E-state index in [9.17, 15) is 12.8 Å². The van der Waals surface area contributed by atoms with Gasteiger partial charge in [0.05, 0.1) is 11.6 Å². The molecule has 0 amide bonds. The van der Waals surface area contributed by atoms with Gasteiger partial charge in [0.25, 0.3) is 0 Å². The zero-order chi connectivity index (χ0) is 14.5. The molecule has 0 saturated heterocycles. The lowest BCUT2D eigenvalue weighted by atomic mass is 10.3. The molecule has 0 aliphatic carbocycles. The third kappa shape index (κ3) is 4.41. The predicted octanol–water partition coefficient (Wildman–Crippen LogP) is 1.61. The van der Waals surface area contributed by atoms with Crippen molar-refractivity contribution in [2.75, 3.05) is 20.2 Å². The van der Waals surface area contributed by atoms with Gasteiger partial charge in [0.15, 0.2) is 0 Å². The van der Waals surface area contributed by atoms with Gasteiger partial charge < -0.3 is 10.5 Å². The molecule has 1 rings (SSSR count). The minimum atomic E-state index is -3.80. The van der Waals surface area contributed by atoms with Gasteiger partial charge in [0.2, 0.25) is 10.0 Å². The van der Waals surface area contributed by atoms with E-state index in [0.717, 1.165) is 6.07 Å². The van der Waals surface area contributed by atoms with Crippen LogP contribution in [0.5, 0.6) is 5.75 Å². The van der Waals surface area contributed by atoms with E-state index in [2.05, 4.69) is 20.7 Å². The van der Waals surface area contributed by atoms with E-state index in [1.807, 2.05) is 0 Å². The number of nitrogens with two attached hydrogens (primary N) is 1. The fourth-order valence-electron chi connectivity index (χ4n) is 1.43. The molecule has 5 nitrogen and oxygen atoms in total. The van der Waals surface area contributed by atoms with Crippen molar-refractivity contribution in [3.63, 3.8) is 0 Å². The van der Waals surface area contributed by atoms with Crippen molar-refractivity contribution in [1.29, 1.82) is 0 Å². The second-order valence-electron chi connectivity index (χ2n) is 3.81. The molecule has 8 heteroatoms. The Kier molecular flexibility index (Phi) is 6.18. The number of sulfonamides is 1. The number of methoxy groups -OCH3 is 1. The van der Waals surface area contributed by atoms with Crippen molar-refractivity contribution in [3.8, 4) is 5.75 Å². The molecule has 1 aromatic carbocycles. The third-order valence-corrected chi connectivity index (χ3v) is 4.51. The Morgan fingerprint density at radius 2 is 2.11 bits per heavy atom. The lowest BCUT2D eigenvalue weighted by molar-refractivity contribution is 0.400. The predicted molar refractivity (Wildman–Crippen MR) is 74.1 cm³/mol. The van der Waals surface area contributed by atoms with Gasteiger partial charge in [-0.15, -0.1) is 0 Å². The van der Waals surface area contributed by atoms with Gasteiger partial charge >= 0.3 is 0 Å². The molecule has 0 bridgehead atoms. The third-order valence-electron chi connectivity index (χ3n) is 2.42. The molecule has 0 aliphatic rings. The molecule has 0 spiro atoms. The summed E-state index contributed by atoms with van der Waals surface area (Å²) in [5.41, 5.74) is 5.32. The van der Waals surface area contributed by atoms with Crippen LogP contribution in [0.1, 0.15) is 12.8 Å². The van der Waals surface area contributed by atoms with Gasteiger partial charge in [-0.1, -0.05) is 0 Å². The Morgan fingerprint density at radius 3 is 2.68 bits per heavy atom. The van der Waals surface area contributed by atoms with Gasteiger partial charge in [0.1, 0.15) is 16.5 Å². The molecule has 0 heterocycles. The van der Waals surface area contributed by atoms with E-state index in [-0.39, 0.29) is 21.7 Å². The van der Waals surface area contributed by atoms with Crippen molar-refractivity contribution in [1.82, 2.24) is 4.72 Å². The maximum atomic E-state index is 13.5. The van der Waals surface area contributed by atoms with Crippen molar-refractivity contribution in [2.24, 2.45) is 5.73 Å². The van der Waals surface area contributed by atoms with Crippen LogP contribution in [0.25, 0.3) is 0 Å². The second-order valence-corrected chi connectivity index (χ2v) is 6.40. The lowest BCUT2D eigenvalue weighted by Crippen LogP contribution is -2.25. The second kappa shape index (κ2) is 7.18. The zero-order valence-electron chi connectivity index (χ0n) is 10.4. The van der Waals surface area contributed by atoms with Crippen LogP contribution in [0.3, 0.4) is 0 Å². The van der Waals surface area contributed by atoms with Gasteiger partial charge in [-0.3, -0.25) is 0 Å². The average Bonchev–Trinajstić information content (AvgIpc) is 2.37. The quantitative estimate of drug-likeness (QED) is 0.729. The summed E-state index contributed by atoms with van der Waals surface area (Å²) >= 11 is 2.98. The number of ether oxygens (including phenoxy) is 1. The summed E-state index contributed by atoms with van der Waals surface area (Å²) in [7, 11) is -2.47. The smallest absolute Gasteiger partial charge is 0.244 e. The Labute approximate surface area is 120 Å². The Morgan fingerprint density at radius 1 is 1.42 bits per heavy atom. The zero-order valence-corrected chi connectivity index (χ0v) is 12.9. The monoisotopic (exact) mass is 354 g/mol. The minimum Gasteiger partial charge on any atom is -0.495 e. The lowest BCUT2D eigenvalue weighted by Gasteiger charge is -2.11. The number of benzene rings is 1. The summed E-state index contributed by atoms with van der Waals surface area (Å²) in [6, 6.07) is 2.21. The van der Waals surface area contributed by atoms with Crippen LogP contribution in [0, 0.1) is 5.82 Å². The van der Waals surface area contributed by atoms with Crippen LogP contribution >= 0.6 is 15.9 Å². The fraction of sp³-hybridized carbons (Fsp3) is 0.455. The van der Waals surface area contributed by atoms with Gasteiger partial charge in [-0.25, -0.2) is 17.5 Å². The van der Waals surface area contributed by atoms with Crippen molar-refractivity contribution in [3.05, 3.63) is 22.4 Å². The first-order chi connectivity index (χ1) is 8.92. The van der Waals surface area contributed by atoms with E-state index < -0.39 is 15.8 Å². The Bertz CT molecular complexity index is 537. The topological polar surface area (TPSA) is 81.4 Å². The fourth-order valence-corrected chi connectivity index (χ4v) is 2.99. The highest BCUT2D eigenvalue weighted by Gasteiger charge is 2.21. The maximum absolute atomic E-state index is 13.5. The summed E-state index contributed by atoms with van der Waals surface area (Å²) in [6.45, 7) is 0.748. The summed E-state index contributed by atoms with van der Waals surface area (Å²) in [5, 5.41) is 0. The van der Waals surface area contributed by atoms with Gasteiger partial charge in [-0.2, -0.15) is 0 Å². The standard InChI is InChI=1S/C11H16BrFN2O3S/c1-18-10-6-8(12)9(13)7-11(10)19(16,17)15-5-3-2-4-14/h6-7,15H,2-5,14H2,1H3.